The molecular weight excluding hydrogens is 274 g/mol. The van der Waals surface area contributed by atoms with Crippen molar-refractivity contribution < 1.29 is 0 Å². The van der Waals surface area contributed by atoms with Gasteiger partial charge in [0.15, 0.2) is 5.82 Å². The molecule has 106 valence electrons. The van der Waals surface area contributed by atoms with Crippen LogP contribution in [0, 0.1) is 11.8 Å². The highest BCUT2D eigenvalue weighted by Gasteiger charge is 2.33. The van der Waals surface area contributed by atoms with E-state index >= 15 is 0 Å². The van der Waals surface area contributed by atoms with E-state index in [0.29, 0.717) is 34.4 Å². The first-order valence-corrected chi connectivity index (χ1v) is 7.29. The molecule has 0 amide bonds. The topological polar surface area (TPSA) is 69.6 Å². The van der Waals surface area contributed by atoms with Crippen LogP contribution in [0.3, 0.4) is 0 Å². The van der Waals surface area contributed by atoms with Crippen LogP contribution in [-0.4, -0.2) is 20.2 Å². The van der Waals surface area contributed by atoms with Gasteiger partial charge in [0, 0.05) is 5.56 Å². The van der Waals surface area contributed by atoms with Crippen molar-refractivity contribution in [3.63, 3.8) is 0 Å². The minimum atomic E-state index is 0.327. The highest BCUT2D eigenvalue weighted by molar-refractivity contribution is 6.33. The molecule has 1 aromatic heterocycles. The molecular formula is C14H18ClN5. The van der Waals surface area contributed by atoms with E-state index in [0.717, 1.165) is 12.0 Å². The van der Waals surface area contributed by atoms with E-state index in [9.17, 15) is 0 Å². The summed E-state index contributed by atoms with van der Waals surface area (Å²) in [6.45, 7) is 4.54. The van der Waals surface area contributed by atoms with Crippen LogP contribution < -0.4 is 5.73 Å². The fraction of sp³-hybridized carbons (Fsp3) is 0.500. The molecule has 2 N–H and O–H groups in total. The third-order valence-corrected chi connectivity index (χ3v) is 4.85. The molecule has 1 aliphatic rings. The van der Waals surface area contributed by atoms with Gasteiger partial charge in [0.2, 0.25) is 0 Å². The zero-order valence-electron chi connectivity index (χ0n) is 11.6. The van der Waals surface area contributed by atoms with Gasteiger partial charge in [-0.15, -0.1) is 5.10 Å². The number of rotatable bonds is 2. The van der Waals surface area contributed by atoms with Crippen molar-refractivity contribution in [1.29, 1.82) is 0 Å². The fourth-order valence-corrected chi connectivity index (χ4v) is 3.18. The van der Waals surface area contributed by atoms with Crippen LogP contribution in [0.1, 0.15) is 32.7 Å². The van der Waals surface area contributed by atoms with Gasteiger partial charge in [-0.25, -0.2) is 4.68 Å². The Kier molecular flexibility index (Phi) is 3.38. The van der Waals surface area contributed by atoms with Gasteiger partial charge < -0.3 is 5.73 Å². The Morgan fingerprint density at radius 2 is 2.10 bits per heavy atom. The van der Waals surface area contributed by atoms with Gasteiger partial charge in [-0.3, -0.25) is 0 Å². The molecule has 0 aliphatic heterocycles. The Morgan fingerprint density at radius 3 is 2.80 bits per heavy atom. The van der Waals surface area contributed by atoms with Gasteiger partial charge in [-0.05, 0) is 47.2 Å². The van der Waals surface area contributed by atoms with Gasteiger partial charge >= 0.3 is 0 Å². The summed E-state index contributed by atoms with van der Waals surface area (Å²) in [5.41, 5.74) is 7.39. The first-order chi connectivity index (χ1) is 9.59. The molecule has 3 rings (SSSR count). The van der Waals surface area contributed by atoms with Crippen molar-refractivity contribution in [1.82, 2.24) is 20.2 Å². The molecule has 1 aliphatic carbocycles. The number of benzene rings is 1. The molecule has 2 aromatic rings. The van der Waals surface area contributed by atoms with E-state index in [4.69, 9.17) is 17.3 Å². The first kappa shape index (κ1) is 13.4. The van der Waals surface area contributed by atoms with Crippen molar-refractivity contribution >= 4 is 17.3 Å². The van der Waals surface area contributed by atoms with Crippen LogP contribution in [0.15, 0.2) is 18.2 Å². The summed E-state index contributed by atoms with van der Waals surface area (Å²) in [5.74, 6) is 1.95. The molecule has 1 saturated carbocycles. The second kappa shape index (κ2) is 5.05. The summed E-state index contributed by atoms with van der Waals surface area (Å²) < 4.78 is 1.91. The van der Waals surface area contributed by atoms with Crippen LogP contribution in [0.25, 0.3) is 11.4 Å². The summed E-state index contributed by atoms with van der Waals surface area (Å²) in [7, 11) is 0. The minimum absolute atomic E-state index is 0.327. The predicted octanol–water partition coefficient (Wildman–Crippen LogP) is 3.18. The molecule has 5 nitrogen and oxygen atoms in total. The number of halogens is 1. The molecule has 1 heterocycles. The van der Waals surface area contributed by atoms with Crippen LogP contribution in [-0.2, 0) is 0 Å². The largest absolute Gasteiger partial charge is 0.397 e. The summed E-state index contributed by atoms with van der Waals surface area (Å²) in [6, 6.07) is 5.88. The molecule has 1 fully saturated rings. The first-order valence-electron chi connectivity index (χ1n) is 6.91. The third kappa shape index (κ3) is 2.06. The smallest absolute Gasteiger partial charge is 0.184 e. The molecule has 6 heteroatoms. The van der Waals surface area contributed by atoms with Gasteiger partial charge in [0.1, 0.15) is 0 Å². The minimum Gasteiger partial charge on any atom is -0.397 e. The molecule has 1 aromatic carbocycles. The van der Waals surface area contributed by atoms with Crippen LogP contribution >= 0.6 is 11.6 Å². The van der Waals surface area contributed by atoms with Crippen molar-refractivity contribution in [2.24, 2.45) is 11.8 Å². The van der Waals surface area contributed by atoms with Crippen molar-refractivity contribution in [3.05, 3.63) is 23.2 Å². The van der Waals surface area contributed by atoms with Crippen LogP contribution in [0.2, 0.25) is 5.02 Å². The maximum Gasteiger partial charge on any atom is 0.184 e. The van der Waals surface area contributed by atoms with E-state index in [1.165, 1.54) is 6.42 Å². The highest BCUT2D eigenvalue weighted by atomic mass is 35.5. The molecule has 0 bridgehead atoms. The number of hydrogen-bond acceptors (Lipinski definition) is 4. The second-order valence-electron chi connectivity index (χ2n) is 5.63. The quantitative estimate of drug-likeness (QED) is 0.863. The molecule has 0 radical (unpaired) electrons. The number of nitrogens with zero attached hydrogens (tertiary/aromatic N) is 4. The molecule has 3 unspecified atom stereocenters. The lowest BCUT2D eigenvalue weighted by Crippen LogP contribution is -2.17. The van der Waals surface area contributed by atoms with E-state index < -0.39 is 0 Å². The predicted molar refractivity (Wildman–Crippen MR) is 79.3 cm³/mol. The summed E-state index contributed by atoms with van der Waals surface area (Å²) in [5, 5.41) is 12.7. The Labute approximate surface area is 123 Å². The molecule has 3 atom stereocenters. The number of aromatic nitrogens is 4. The van der Waals surface area contributed by atoms with Gasteiger partial charge in [-0.2, -0.15) is 0 Å². The lowest BCUT2D eigenvalue weighted by molar-refractivity contribution is 0.328. The Morgan fingerprint density at radius 1 is 1.30 bits per heavy atom. The zero-order chi connectivity index (χ0) is 14.3. The normalized spacial score (nSPS) is 26.1. The Balaban J connectivity index is 2.05. The number of nitrogen functional groups attached to an aromatic ring is 1. The molecule has 0 saturated heterocycles. The van der Waals surface area contributed by atoms with Crippen LogP contribution in [0.5, 0.6) is 0 Å². The lowest BCUT2D eigenvalue weighted by Gasteiger charge is -2.19. The van der Waals surface area contributed by atoms with Crippen molar-refractivity contribution in [2.75, 3.05) is 5.73 Å². The molecule has 0 spiro atoms. The Hall–Kier alpha value is -1.62. The lowest BCUT2D eigenvalue weighted by atomic mass is 9.97. The van der Waals surface area contributed by atoms with E-state index in [-0.39, 0.29) is 0 Å². The Bertz CT molecular complexity index is 624. The summed E-state index contributed by atoms with van der Waals surface area (Å²) in [4.78, 5) is 0. The molecule has 20 heavy (non-hydrogen) atoms. The van der Waals surface area contributed by atoms with Gasteiger partial charge in [0.25, 0.3) is 0 Å². The van der Waals surface area contributed by atoms with Crippen LogP contribution in [0.4, 0.5) is 5.69 Å². The van der Waals surface area contributed by atoms with Gasteiger partial charge in [-0.1, -0.05) is 31.5 Å². The standard InChI is InChI=1S/C14H18ClN5/c1-8-6-7-12(9(8)2)20-14(17-18-19-20)10-4-3-5-11(15)13(10)16/h3-5,8-9,12H,6-7,16H2,1-2H3. The van der Waals surface area contributed by atoms with Gasteiger partial charge in [0.05, 0.1) is 16.8 Å². The van der Waals surface area contributed by atoms with E-state index in [1.54, 1.807) is 6.07 Å². The summed E-state index contributed by atoms with van der Waals surface area (Å²) >= 11 is 6.09. The average molecular weight is 292 g/mol. The summed E-state index contributed by atoms with van der Waals surface area (Å²) in [6.07, 6.45) is 2.30. The number of para-hydroxylation sites is 1. The SMILES string of the molecule is CC1CCC(n2nnnc2-c2cccc(Cl)c2N)C1C. The monoisotopic (exact) mass is 291 g/mol. The number of tetrazole rings is 1. The fourth-order valence-electron chi connectivity index (χ4n) is 3.01. The van der Waals surface area contributed by atoms with Crippen molar-refractivity contribution in [3.8, 4) is 11.4 Å². The maximum atomic E-state index is 6.09. The average Bonchev–Trinajstić information content (AvgIpc) is 3.01. The number of anilines is 1. The second-order valence-corrected chi connectivity index (χ2v) is 6.04. The zero-order valence-corrected chi connectivity index (χ0v) is 12.4. The van der Waals surface area contributed by atoms with E-state index in [2.05, 4.69) is 29.4 Å². The number of nitrogens with two attached hydrogens (primary N) is 1. The number of hydrogen-bond donors (Lipinski definition) is 1. The highest BCUT2D eigenvalue weighted by Crippen LogP contribution is 2.41. The van der Waals surface area contributed by atoms with Crippen molar-refractivity contribution in [2.45, 2.75) is 32.7 Å². The third-order valence-electron chi connectivity index (χ3n) is 4.52. The van der Waals surface area contributed by atoms with E-state index in [1.807, 2.05) is 16.8 Å². The maximum absolute atomic E-state index is 6.09.